The Labute approximate surface area is 181 Å². The van der Waals surface area contributed by atoms with Crippen LogP contribution in [0.2, 0.25) is 5.02 Å². The number of benzene rings is 2. The maximum absolute atomic E-state index is 12.4. The average Bonchev–Trinajstić information content (AvgIpc) is 2.67. The summed E-state index contributed by atoms with van der Waals surface area (Å²) in [5.41, 5.74) is 1.16. The van der Waals surface area contributed by atoms with Crippen LogP contribution < -0.4 is 10.2 Å². The SMILES string of the molecule is CS(=O)(=O)c1cc(Cl)ccc1N1CCN(CC2=NS(=O)(=O)c3ccccc3N2)CC1. The quantitative estimate of drug-likeness (QED) is 0.733. The van der Waals surface area contributed by atoms with E-state index in [2.05, 4.69) is 14.6 Å². The van der Waals surface area contributed by atoms with Gasteiger partial charge < -0.3 is 10.2 Å². The van der Waals surface area contributed by atoms with Gasteiger partial charge in [0.25, 0.3) is 10.0 Å². The first-order valence-corrected chi connectivity index (χ1v) is 13.0. The van der Waals surface area contributed by atoms with Gasteiger partial charge >= 0.3 is 0 Å². The summed E-state index contributed by atoms with van der Waals surface area (Å²) in [5, 5.41) is 3.48. The molecule has 8 nitrogen and oxygen atoms in total. The number of piperazine rings is 1. The minimum Gasteiger partial charge on any atom is -0.368 e. The summed E-state index contributed by atoms with van der Waals surface area (Å²) >= 11 is 5.99. The van der Waals surface area contributed by atoms with Crippen molar-refractivity contribution in [3.63, 3.8) is 0 Å². The normalized spacial score (nSPS) is 19.0. The highest BCUT2D eigenvalue weighted by molar-refractivity contribution is 7.91. The molecule has 0 aliphatic carbocycles. The number of hydrogen-bond acceptors (Lipinski definition) is 7. The number of nitrogens with zero attached hydrogens (tertiary/aromatic N) is 3. The Balaban J connectivity index is 1.46. The van der Waals surface area contributed by atoms with Gasteiger partial charge in [0.1, 0.15) is 10.7 Å². The summed E-state index contributed by atoms with van der Waals surface area (Å²) in [4.78, 5) is 4.48. The zero-order chi connectivity index (χ0) is 21.5. The maximum atomic E-state index is 12.4. The third kappa shape index (κ3) is 4.31. The lowest BCUT2D eigenvalue weighted by atomic mass is 10.2. The van der Waals surface area contributed by atoms with Crippen LogP contribution in [0.1, 0.15) is 0 Å². The van der Waals surface area contributed by atoms with Gasteiger partial charge in [0.15, 0.2) is 9.84 Å². The molecule has 160 valence electrons. The van der Waals surface area contributed by atoms with Gasteiger partial charge in [-0.2, -0.15) is 8.42 Å². The number of para-hydroxylation sites is 1. The number of sulfonamides is 1. The van der Waals surface area contributed by atoms with E-state index >= 15 is 0 Å². The number of sulfone groups is 1. The van der Waals surface area contributed by atoms with Gasteiger partial charge in [-0.05, 0) is 30.3 Å². The maximum Gasteiger partial charge on any atom is 0.286 e. The molecule has 0 amide bonds. The minimum absolute atomic E-state index is 0.176. The highest BCUT2D eigenvalue weighted by Gasteiger charge is 2.27. The van der Waals surface area contributed by atoms with E-state index in [1.807, 2.05) is 4.90 Å². The fourth-order valence-corrected chi connectivity index (χ4v) is 5.93. The third-order valence-electron chi connectivity index (χ3n) is 5.08. The van der Waals surface area contributed by atoms with Crippen LogP contribution in [0.25, 0.3) is 0 Å². The van der Waals surface area contributed by atoms with Crippen LogP contribution in [0.15, 0.2) is 56.7 Å². The van der Waals surface area contributed by atoms with E-state index < -0.39 is 19.9 Å². The fraction of sp³-hybridized carbons (Fsp3) is 0.316. The van der Waals surface area contributed by atoms with Gasteiger partial charge in [0.05, 0.1) is 22.8 Å². The molecule has 2 heterocycles. The molecule has 0 atom stereocenters. The molecule has 2 aromatic carbocycles. The molecule has 2 aliphatic rings. The molecule has 0 unspecified atom stereocenters. The molecule has 11 heteroatoms. The van der Waals surface area contributed by atoms with Crippen molar-refractivity contribution in [2.24, 2.45) is 4.40 Å². The van der Waals surface area contributed by atoms with Crippen molar-refractivity contribution in [1.82, 2.24) is 4.90 Å². The molecule has 2 aliphatic heterocycles. The number of halogens is 1. The Morgan fingerprint density at radius 3 is 2.50 bits per heavy atom. The van der Waals surface area contributed by atoms with Crippen LogP contribution in [-0.4, -0.2) is 66.6 Å². The van der Waals surface area contributed by atoms with Gasteiger partial charge in [0, 0.05) is 37.5 Å². The minimum atomic E-state index is -3.71. The molecule has 4 rings (SSSR count). The predicted octanol–water partition coefficient (Wildman–Crippen LogP) is 2.08. The van der Waals surface area contributed by atoms with Crippen LogP contribution in [0.4, 0.5) is 11.4 Å². The molecular formula is C19H21ClN4O4S2. The van der Waals surface area contributed by atoms with Crippen molar-refractivity contribution in [3.8, 4) is 0 Å². The average molecular weight is 469 g/mol. The topological polar surface area (TPSA) is 99.2 Å². The Hall–Kier alpha value is -2.14. The summed E-state index contributed by atoms with van der Waals surface area (Å²) in [6.07, 6.45) is 1.17. The lowest BCUT2D eigenvalue weighted by Crippen LogP contribution is -2.49. The van der Waals surface area contributed by atoms with Crippen molar-refractivity contribution in [2.45, 2.75) is 9.79 Å². The van der Waals surface area contributed by atoms with E-state index in [9.17, 15) is 16.8 Å². The van der Waals surface area contributed by atoms with Crippen molar-refractivity contribution in [1.29, 1.82) is 0 Å². The van der Waals surface area contributed by atoms with Crippen molar-refractivity contribution >= 4 is 48.7 Å². The van der Waals surface area contributed by atoms with E-state index in [4.69, 9.17) is 11.6 Å². The van der Waals surface area contributed by atoms with E-state index in [1.165, 1.54) is 18.4 Å². The zero-order valence-corrected chi connectivity index (χ0v) is 18.6. The molecule has 0 bridgehead atoms. The lowest BCUT2D eigenvalue weighted by molar-refractivity contribution is 0.291. The van der Waals surface area contributed by atoms with Crippen LogP contribution >= 0.6 is 11.6 Å². The van der Waals surface area contributed by atoms with E-state index in [-0.39, 0.29) is 9.79 Å². The first kappa shape index (κ1) is 21.1. The molecule has 1 saturated heterocycles. The van der Waals surface area contributed by atoms with Crippen LogP contribution in [0.3, 0.4) is 0 Å². The number of fused-ring (bicyclic) bond motifs is 1. The smallest absolute Gasteiger partial charge is 0.286 e. The molecule has 2 aromatic rings. The van der Waals surface area contributed by atoms with Crippen molar-refractivity contribution in [3.05, 3.63) is 47.5 Å². The molecular weight excluding hydrogens is 448 g/mol. The van der Waals surface area contributed by atoms with Gasteiger partial charge in [-0.1, -0.05) is 23.7 Å². The van der Waals surface area contributed by atoms with E-state index in [1.54, 1.807) is 30.3 Å². The summed E-state index contributed by atoms with van der Waals surface area (Å²) in [6.45, 7) is 2.82. The highest BCUT2D eigenvalue weighted by Crippen LogP contribution is 2.30. The monoisotopic (exact) mass is 468 g/mol. The molecule has 1 fully saturated rings. The molecule has 0 saturated carbocycles. The van der Waals surface area contributed by atoms with Crippen LogP contribution in [0.5, 0.6) is 0 Å². The van der Waals surface area contributed by atoms with Gasteiger partial charge in [-0.25, -0.2) is 8.42 Å². The van der Waals surface area contributed by atoms with Crippen LogP contribution in [-0.2, 0) is 19.9 Å². The number of anilines is 2. The van der Waals surface area contributed by atoms with Crippen LogP contribution in [0, 0.1) is 0 Å². The summed E-state index contributed by atoms with van der Waals surface area (Å²) in [5.74, 6) is 0.380. The summed E-state index contributed by atoms with van der Waals surface area (Å²) in [6, 6.07) is 11.6. The Bertz CT molecular complexity index is 1220. The molecule has 0 spiro atoms. The number of nitrogens with one attached hydrogen (secondary N) is 1. The second-order valence-electron chi connectivity index (χ2n) is 7.28. The summed E-state index contributed by atoms with van der Waals surface area (Å²) < 4.78 is 53.0. The van der Waals surface area contributed by atoms with Crippen molar-refractivity contribution in [2.75, 3.05) is 49.2 Å². The molecule has 30 heavy (non-hydrogen) atoms. The first-order valence-electron chi connectivity index (χ1n) is 9.30. The number of amidine groups is 1. The number of hydrogen-bond donors (Lipinski definition) is 1. The van der Waals surface area contributed by atoms with E-state index in [0.717, 1.165) is 0 Å². The first-order chi connectivity index (χ1) is 14.1. The Kier molecular flexibility index (Phi) is 5.52. The third-order valence-corrected chi connectivity index (χ3v) is 7.82. The summed E-state index contributed by atoms with van der Waals surface area (Å²) in [7, 11) is -7.13. The predicted molar refractivity (Wildman–Crippen MR) is 118 cm³/mol. The van der Waals surface area contributed by atoms with E-state index in [0.29, 0.717) is 55.0 Å². The van der Waals surface area contributed by atoms with Gasteiger partial charge in [-0.3, -0.25) is 4.90 Å². The standard InChI is InChI=1S/C19H21ClN4O4S2/c1-29(25,26)18-12-14(20)6-7-16(18)24-10-8-23(9-11-24)13-19-21-15-4-2-3-5-17(15)30(27,28)22-19/h2-7,12H,8-11,13H2,1H3,(H,21,22). The van der Waals surface area contributed by atoms with Gasteiger partial charge in [-0.15, -0.1) is 4.40 Å². The lowest BCUT2D eigenvalue weighted by Gasteiger charge is -2.37. The highest BCUT2D eigenvalue weighted by atomic mass is 35.5. The Morgan fingerprint density at radius 1 is 1.10 bits per heavy atom. The Morgan fingerprint density at radius 2 is 1.80 bits per heavy atom. The largest absolute Gasteiger partial charge is 0.368 e. The second kappa shape index (κ2) is 7.84. The molecule has 0 radical (unpaired) electrons. The van der Waals surface area contributed by atoms with Gasteiger partial charge in [0.2, 0.25) is 0 Å². The molecule has 0 aromatic heterocycles. The number of rotatable bonds is 4. The fourth-order valence-electron chi connectivity index (χ4n) is 3.64. The second-order valence-corrected chi connectivity index (χ2v) is 11.3. The zero-order valence-electron chi connectivity index (χ0n) is 16.2. The molecule has 1 N–H and O–H groups in total. The van der Waals surface area contributed by atoms with Crippen molar-refractivity contribution < 1.29 is 16.8 Å².